The number of nitrogens with zero attached hydrogens (tertiary/aromatic N) is 2. The second kappa shape index (κ2) is 6.96. The molecule has 1 saturated heterocycles. The monoisotopic (exact) mass is 336 g/mol. The molecule has 1 atom stereocenters. The van der Waals surface area contributed by atoms with E-state index >= 15 is 0 Å². The van der Waals surface area contributed by atoms with Crippen molar-refractivity contribution in [2.45, 2.75) is 32.1 Å². The van der Waals surface area contributed by atoms with Crippen LogP contribution in [-0.2, 0) is 17.6 Å². The summed E-state index contributed by atoms with van der Waals surface area (Å²) >= 11 is 0. The van der Waals surface area contributed by atoms with E-state index < -0.39 is 0 Å². The van der Waals surface area contributed by atoms with Gasteiger partial charge >= 0.3 is 0 Å². The fraction of sp³-hybridized carbons (Fsp3) is 0.429. The van der Waals surface area contributed by atoms with Gasteiger partial charge in [-0.25, -0.2) is 4.98 Å². The molecule has 4 nitrogen and oxygen atoms in total. The number of aromatic nitrogens is 1. The van der Waals surface area contributed by atoms with Gasteiger partial charge in [-0.3, -0.25) is 4.79 Å². The maximum absolute atomic E-state index is 11.8. The summed E-state index contributed by atoms with van der Waals surface area (Å²) in [6.07, 6.45) is 6.95. The number of aryl methyl sites for hydroxylation is 1. The molecule has 1 N–H and O–H groups in total. The lowest BCUT2D eigenvalue weighted by Gasteiger charge is -2.23. The summed E-state index contributed by atoms with van der Waals surface area (Å²) in [5, 5.41) is 9.12. The first-order valence-corrected chi connectivity index (χ1v) is 9.21. The first-order valence-electron chi connectivity index (χ1n) is 9.21. The number of aliphatic hydroxyl groups is 1. The van der Waals surface area contributed by atoms with Gasteiger partial charge in [-0.15, -0.1) is 0 Å². The summed E-state index contributed by atoms with van der Waals surface area (Å²) in [6.45, 7) is 1.86. The first-order chi connectivity index (χ1) is 12.2. The van der Waals surface area contributed by atoms with Crippen molar-refractivity contribution in [3.63, 3.8) is 0 Å². The van der Waals surface area contributed by atoms with Gasteiger partial charge in [0.05, 0.1) is 0 Å². The lowest BCUT2D eigenvalue weighted by molar-refractivity contribution is -0.125. The molecule has 1 aliphatic carbocycles. The standard InChI is InChI=1S/C21H24N2O2/c24-14-20(25)17-6-4-15-3-5-16(11-19(15)12-17)18-7-8-21(22-13-18)23-9-1-2-10-23/h3,5,7-8,11,13,17,24H,1-2,4,6,9-10,12,14H2. The molecule has 2 heterocycles. The molecule has 25 heavy (non-hydrogen) atoms. The molecule has 1 unspecified atom stereocenters. The lowest BCUT2D eigenvalue weighted by atomic mass is 9.81. The summed E-state index contributed by atoms with van der Waals surface area (Å²) in [5.74, 6) is 0.990. The fourth-order valence-corrected chi connectivity index (χ4v) is 4.03. The third kappa shape index (κ3) is 3.31. The molecule has 0 amide bonds. The number of fused-ring (bicyclic) bond motifs is 1. The summed E-state index contributed by atoms with van der Waals surface area (Å²) in [6, 6.07) is 10.8. The van der Waals surface area contributed by atoms with Gasteiger partial charge in [0, 0.05) is 30.8 Å². The van der Waals surface area contributed by atoms with Crippen molar-refractivity contribution < 1.29 is 9.90 Å². The van der Waals surface area contributed by atoms with E-state index in [1.54, 1.807) is 0 Å². The average Bonchev–Trinajstić information content (AvgIpc) is 3.21. The van der Waals surface area contributed by atoms with Crippen molar-refractivity contribution in [2.75, 3.05) is 24.6 Å². The van der Waals surface area contributed by atoms with Gasteiger partial charge in [0.1, 0.15) is 12.4 Å². The summed E-state index contributed by atoms with van der Waals surface area (Å²) in [5.41, 5.74) is 4.82. The number of anilines is 1. The summed E-state index contributed by atoms with van der Waals surface area (Å²) in [4.78, 5) is 18.8. The predicted molar refractivity (Wildman–Crippen MR) is 98.7 cm³/mol. The number of ketones is 1. The molecule has 0 spiro atoms. The van der Waals surface area contributed by atoms with E-state index in [1.165, 1.54) is 24.0 Å². The van der Waals surface area contributed by atoms with Crippen LogP contribution in [0.3, 0.4) is 0 Å². The Morgan fingerprint density at radius 1 is 1.12 bits per heavy atom. The highest BCUT2D eigenvalue weighted by atomic mass is 16.3. The van der Waals surface area contributed by atoms with Gasteiger partial charge in [-0.05, 0) is 60.9 Å². The largest absolute Gasteiger partial charge is 0.389 e. The number of aliphatic hydroxyl groups excluding tert-OH is 1. The molecule has 1 aromatic carbocycles. The van der Waals surface area contributed by atoms with E-state index in [1.807, 2.05) is 6.20 Å². The number of carbonyl (C=O) groups excluding carboxylic acids is 1. The zero-order chi connectivity index (χ0) is 17.2. The van der Waals surface area contributed by atoms with Crippen LogP contribution < -0.4 is 4.90 Å². The maximum Gasteiger partial charge on any atom is 0.161 e. The molecule has 1 aromatic heterocycles. The Labute approximate surface area is 148 Å². The Bertz CT molecular complexity index is 764. The van der Waals surface area contributed by atoms with E-state index in [0.717, 1.165) is 49.3 Å². The quantitative estimate of drug-likeness (QED) is 0.932. The van der Waals surface area contributed by atoms with Crippen LogP contribution in [0, 0.1) is 5.92 Å². The minimum absolute atomic E-state index is 0.0346. The van der Waals surface area contributed by atoms with Crippen LogP contribution in [-0.4, -0.2) is 35.6 Å². The van der Waals surface area contributed by atoms with Crippen LogP contribution in [0.15, 0.2) is 36.5 Å². The lowest BCUT2D eigenvalue weighted by Crippen LogP contribution is -2.24. The number of pyridine rings is 1. The number of carbonyl (C=O) groups is 1. The van der Waals surface area contributed by atoms with Crippen LogP contribution in [0.4, 0.5) is 5.82 Å². The fourth-order valence-electron chi connectivity index (χ4n) is 4.03. The Balaban J connectivity index is 1.56. The normalized spacial score (nSPS) is 19.7. The molecule has 0 saturated carbocycles. The molecule has 4 heteroatoms. The smallest absolute Gasteiger partial charge is 0.161 e. The minimum atomic E-state index is -0.346. The highest BCUT2D eigenvalue weighted by Crippen LogP contribution is 2.31. The SMILES string of the molecule is O=C(CO)C1CCc2ccc(-c3ccc(N4CCCC4)nc3)cc2C1. The van der Waals surface area contributed by atoms with Crippen molar-refractivity contribution in [3.8, 4) is 11.1 Å². The summed E-state index contributed by atoms with van der Waals surface area (Å²) < 4.78 is 0. The van der Waals surface area contributed by atoms with Gasteiger partial charge in [-0.2, -0.15) is 0 Å². The van der Waals surface area contributed by atoms with E-state index in [-0.39, 0.29) is 18.3 Å². The van der Waals surface area contributed by atoms with Crippen molar-refractivity contribution in [3.05, 3.63) is 47.7 Å². The first kappa shape index (κ1) is 16.3. The van der Waals surface area contributed by atoms with Crippen molar-refractivity contribution in [2.24, 2.45) is 5.92 Å². The Morgan fingerprint density at radius 2 is 1.92 bits per heavy atom. The third-order valence-corrected chi connectivity index (χ3v) is 5.56. The summed E-state index contributed by atoms with van der Waals surface area (Å²) in [7, 11) is 0. The number of benzene rings is 1. The van der Waals surface area contributed by atoms with Crippen molar-refractivity contribution >= 4 is 11.6 Å². The number of rotatable bonds is 4. The molecule has 1 aliphatic heterocycles. The van der Waals surface area contributed by atoms with Gasteiger partial charge in [-0.1, -0.05) is 18.2 Å². The molecule has 0 radical (unpaired) electrons. The minimum Gasteiger partial charge on any atom is -0.389 e. The van der Waals surface area contributed by atoms with Crippen molar-refractivity contribution in [1.82, 2.24) is 4.98 Å². The molecule has 2 aromatic rings. The highest BCUT2D eigenvalue weighted by molar-refractivity contribution is 5.82. The van der Waals surface area contributed by atoms with E-state index in [2.05, 4.69) is 40.2 Å². The molecular weight excluding hydrogens is 312 g/mol. The molecule has 2 aliphatic rings. The topological polar surface area (TPSA) is 53.4 Å². The van der Waals surface area contributed by atoms with Crippen LogP contribution in [0.5, 0.6) is 0 Å². The van der Waals surface area contributed by atoms with Gasteiger partial charge < -0.3 is 10.0 Å². The van der Waals surface area contributed by atoms with Crippen LogP contribution in [0.25, 0.3) is 11.1 Å². The molecule has 130 valence electrons. The van der Waals surface area contributed by atoms with Crippen LogP contribution in [0.2, 0.25) is 0 Å². The predicted octanol–water partition coefficient (Wildman–Crippen LogP) is 3.02. The van der Waals surface area contributed by atoms with Gasteiger partial charge in [0.25, 0.3) is 0 Å². The zero-order valence-electron chi connectivity index (χ0n) is 14.4. The average molecular weight is 336 g/mol. The Morgan fingerprint density at radius 3 is 2.64 bits per heavy atom. The zero-order valence-corrected chi connectivity index (χ0v) is 14.4. The van der Waals surface area contributed by atoms with E-state index in [0.29, 0.717) is 0 Å². The molecular formula is C21H24N2O2. The second-order valence-electron chi connectivity index (χ2n) is 7.15. The maximum atomic E-state index is 11.8. The molecule has 0 bridgehead atoms. The number of hydrogen-bond donors (Lipinski definition) is 1. The third-order valence-electron chi connectivity index (χ3n) is 5.56. The Kier molecular flexibility index (Phi) is 4.53. The second-order valence-corrected chi connectivity index (χ2v) is 7.15. The van der Waals surface area contributed by atoms with E-state index in [4.69, 9.17) is 5.11 Å². The molecule has 4 rings (SSSR count). The number of Topliss-reactive ketones (excluding diaryl/α,β-unsaturated/α-hetero) is 1. The van der Waals surface area contributed by atoms with Crippen molar-refractivity contribution in [1.29, 1.82) is 0 Å². The van der Waals surface area contributed by atoms with Gasteiger partial charge in [0.15, 0.2) is 5.78 Å². The number of hydrogen-bond acceptors (Lipinski definition) is 4. The van der Waals surface area contributed by atoms with Crippen LogP contribution >= 0.6 is 0 Å². The van der Waals surface area contributed by atoms with E-state index in [9.17, 15) is 4.79 Å². The van der Waals surface area contributed by atoms with Gasteiger partial charge in [0.2, 0.25) is 0 Å². The Hall–Kier alpha value is -2.20. The van der Waals surface area contributed by atoms with Crippen LogP contribution in [0.1, 0.15) is 30.4 Å². The highest BCUT2D eigenvalue weighted by Gasteiger charge is 2.24. The molecule has 1 fully saturated rings.